The lowest BCUT2D eigenvalue weighted by atomic mass is 9.84. The third-order valence-corrected chi connectivity index (χ3v) is 5.60. The first-order chi connectivity index (χ1) is 15.7. The van der Waals surface area contributed by atoms with Crippen molar-refractivity contribution in [2.45, 2.75) is 18.4 Å². The van der Waals surface area contributed by atoms with Gasteiger partial charge in [-0.2, -0.15) is 0 Å². The summed E-state index contributed by atoms with van der Waals surface area (Å²) in [5, 5.41) is 5.15. The van der Waals surface area contributed by atoms with Gasteiger partial charge in [0.15, 0.2) is 0 Å². The minimum Gasteiger partial charge on any atom is -0.467 e. The molecule has 0 bridgehead atoms. The molecule has 0 fully saturated rings. The molecule has 4 aromatic carbocycles. The van der Waals surface area contributed by atoms with Crippen molar-refractivity contribution in [1.29, 1.82) is 0 Å². The summed E-state index contributed by atoms with van der Waals surface area (Å²) in [6.45, 7) is 0. The Hall–Kier alpha value is -3.92. The van der Waals surface area contributed by atoms with Gasteiger partial charge in [-0.05, 0) is 27.5 Å². The van der Waals surface area contributed by atoms with Crippen molar-refractivity contribution < 1.29 is 14.3 Å². The van der Waals surface area contributed by atoms with Crippen LogP contribution >= 0.6 is 0 Å². The fourth-order valence-corrected chi connectivity index (χ4v) is 4.06. The monoisotopic (exact) mass is 423 g/mol. The van der Waals surface area contributed by atoms with E-state index >= 15 is 0 Å². The maximum absolute atomic E-state index is 13.0. The minimum atomic E-state index is -0.849. The molecule has 4 aromatic rings. The number of amides is 1. The number of fused-ring (bicyclic) bond motifs is 1. The van der Waals surface area contributed by atoms with Gasteiger partial charge in [-0.1, -0.05) is 103 Å². The number of nitrogens with one attached hydrogen (secondary N) is 1. The second-order valence-electron chi connectivity index (χ2n) is 7.73. The van der Waals surface area contributed by atoms with E-state index in [0.717, 1.165) is 27.5 Å². The molecule has 1 atom stereocenters. The van der Waals surface area contributed by atoms with Gasteiger partial charge in [0.1, 0.15) is 6.04 Å². The molecular formula is C28H25NO3. The lowest BCUT2D eigenvalue weighted by Crippen LogP contribution is -2.46. The zero-order valence-corrected chi connectivity index (χ0v) is 17.9. The fraction of sp³-hybridized carbons (Fsp3) is 0.143. The highest BCUT2D eigenvalue weighted by Gasteiger charge is 2.33. The molecule has 4 nitrogen and oxygen atoms in total. The number of carbonyl (C=O) groups excluding carboxylic acids is 2. The number of benzene rings is 4. The summed E-state index contributed by atoms with van der Waals surface area (Å²) in [7, 11) is 1.35. The fourth-order valence-electron chi connectivity index (χ4n) is 4.06. The van der Waals surface area contributed by atoms with E-state index in [2.05, 4.69) is 5.32 Å². The number of hydrogen-bond donors (Lipinski definition) is 1. The molecule has 0 heterocycles. The van der Waals surface area contributed by atoms with E-state index in [1.54, 1.807) is 0 Å². The Labute approximate surface area is 187 Å². The lowest BCUT2D eigenvalue weighted by molar-refractivity contribution is -0.145. The van der Waals surface area contributed by atoms with Crippen LogP contribution in [0.4, 0.5) is 0 Å². The van der Waals surface area contributed by atoms with Crippen LogP contribution in [-0.4, -0.2) is 25.0 Å². The zero-order valence-electron chi connectivity index (χ0n) is 17.9. The van der Waals surface area contributed by atoms with Gasteiger partial charge in [0, 0.05) is 5.92 Å². The largest absolute Gasteiger partial charge is 0.467 e. The van der Waals surface area contributed by atoms with E-state index in [1.807, 2.05) is 103 Å². The van der Waals surface area contributed by atoms with Crippen molar-refractivity contribution >= 4 is 22.6 Å². The highest BCUT2D eigenvalue weighted by atomic mass is 16.5. The topological polar surface area (TPSA) is 55.4 Å². The Morgan fingerprint density at radius 2 is 1.31 bits per heavy atom. The Balaban J connectivity index is 1.62. The second-order valence-corrected chi connectivity index (χ2v) is 7.73. The molecule has 0 radical (unpaired) electrons. The molecule has 0 unspecified atom stereocenters. The maximum atomic E-state index is 13.0. The van der Waals surface area contributed by atoms with Crippen LogP contribution in [0.25, 0.3) is 10.8 Å². The molecule has 0 saturated carbocycles. The van der Waals surface area contributed by atoms with Crippen LogP contribution < -0.4 is 5.32 Å². The SMILES string of the molecule is COC(=O)[C@H](NC(=O)Cc1ccc2ccccc2c1)C(c1ccccc1)c1ccccc1. The molecule has 0 aliphatic heterocycles. The predicted molar refractivity (Wildman–Crippen MR) is 126 cm³/mol. The van der Waals surface area contributed by atoms with Gasteiger partial charge >= 0.3 is 5.97 Å². The molecule has 0 aromatic heterocycles. The Morgan fingerprint density at radius 3 is 1.91 bits per heavy atom. The summed E-state index contributed by atoms with van der Waals surface area (Å²) in [5.41, 5.74) is 2.75. The van der Waals surface area contributed by atoms with Gasteiger partial charge in [0.2, 0.25) is 5.91 Å². The summed E-state index contributed by atoms with van der Waals surface area (Å²) in [6.07, 6.45) is 0.175. The minimum absolute atomic E-state index is 0.175. The molecule has 0 aliphatic carbocycles. The number of methoxy groups -OCH3 is 1. The van der Waals surface area contributed by atoms with Crippen LogP contribution in [0.15, 0.2) is 103 Å². The summed E-state index contributed by atoms with van der Waals surface area (Å²) in [5.74, 6) is -1.08. The smallest absolute Gasteiger partial charge is 0.329 e. The summed E-state index contributed by atoms with van der Waals surface area (Å²) >= 11 is 0. The molecule has 0 aliphatic rings. The van der Waals surface area contributed by atoms with E-state index in [1.165, 1.54) is 7.11 Å². The van der Waals surface area contributed by atoms with Crippen molar-refractivity contribution in [1.82, 2.24) is 5.32 Å². The number of ether oxygens (including phenoxy) is 1. The van der Waals surface area contributed by atoms with E-state index in [0.29, 0.717) is 0 Å². The molecule has 160 valence electrons. The first-order valence-corrected chi connectivity index (χ1v) is 10.6. The molecule has 4 heteroatoms. The summed E-state index contributed by atoms with van der Waals surface area (Å²) < 4.78 is 5.09. The number of rotatable bonds is 7. The van der Waals surface area contributed by atoms with Gasteiger partial charge in [0.25, 0.3) is 0 Å². The molecule has 0 spiro atoms. The molecule has 1 amide bonds. The van der Waals surface area contributed by atoms with Gasteiger partial charge in [0.05, 0.1) is 13.5 Å². The third-order valence-electron chi connectivity index (χ3n) is 5.60. The van der Waals surface area contributed by atoms with E-state index < -0.39 is 12.0 Å². The van der Waals surface area contributed by atoms with Gasteiger partial charge in [-0.25, -0.2) is 4.79 Å². The van der Waals surface area contributed by atoms with Crippen molar-refractivity contribution in [2.24, 2.45) is 0 Å². The van der Waals surface area contributed by atoms with Gasteiger partial charge in [-0.3, -0.25) is 4.79 Å². The van der Waals surface area contributed by atoms with Crippen LogP contribution in [0, 0.1) is 0 Å². The van der Waals surface area contributed by atoms with Crippen molar-refractivity contribution in [2.75, 3.05) is 7.11 Å². The zero-order chi connectivity index (χ0) is 22.3. The van der Waals surface area contributed by atoms with E-state index in [9.17, 15) is 9.59 Å². The Kier molecular flexibility index (Phi) is 6.61. The Bertz CT molecular complexity index is 1170. The average Bonchev–Trinajstić information content (AvgIpc) is 2.84. The standard InChI is InChI=1S/C28H25NO3/c1-32-28(31)27(26(22-11-4-2-5-12-22)23-13-6-3-7-14-23)29-25(30)19-20-16-17-21-10-8-9-15-24(21)18-20/h2-18,26-27H,19H2,1H3,(H,29,30)/t27-/m1/s1. The summed E-state index contributed by atoms with van der Waals surface area (Å²) in [6, 6.07) is 32.5. The van der Waals surface area contributed by atoms with Crippen LogP contribution in [0.1, 0.15) is 22.6 Å². The molecular weight excluding hydrogens is 398 g/mol. The highest BCUT2D eigenvalue weighted by Crippen LogP contribution is 2.29. The second kappa shape index (κ2) is 9.92. The van der Waals surface area contributed by atoms with Gasteiger partial charge < -0.3 is 10.1 Å². The number of hydrogen-bond acceptors (Lipinski definition) is 3. The quantitative estimate of drug-likeness (QED) is 0.432. The van der Waals surface area contributed by atoms with E-state index in [-0.39, 0.29) is 18.2 Å². The molecule has 1 N–H and O–H groups in total. The van der Waals surface area contributed by atoms with Crippen molar-refractivity contribution in [3.05, 3.63) is 120 Å². The van der Waals surface area contributed by atoms with Crippen LogP contribution in [0.2, 0.25) is 0 Å². The number of carbonyl (C=O) groups is 2. The van der Waals surface area contributed by atoms with E-state index in [4.69, 9.17) is 4.74 Å². The first kappa shape index (κ1) is 21.3. The molecule has 4 rings (SSSR count). The highest BCUT2D eigenvalue weighted by molar-refractivity contribution is 5.88. The first-order valence-electron chi connectivity index (χ1n) is 10.6. The molecule has 0 saturated heterocycles. The average molecular weight is 424 g/mol. The number of esters is 1. The normalized spacial score (nSPS) is 11.8. The Morgan fingerprint density at radius 1 is 0.750 bits per heavy atom. The van der Waals surface area contributed by atoms with Crippen LogP contribution in [0.5, 0.6) is 0 Å². The molecule has 32 heavy (non-hydrogen) atoms. The summed E-state index contributed by atoms with van der Waals surface area (Å²) in [4.78, 5) is 25.9. The van der Waals surface area contributed by atoms with Crippen molar-refractivity contribution in [3.63, 3.8) is 0 Å². The van der Waals surface area contributed by atoms with Crippen LogP contribution in [-0.2, 0) is 20.7 Å². The van der Waals surface area contributed by atoms with Crippen molar-refractivity contribution in [3.8, 4) is 0 Å². The third kappa shape index (κ3) is 4.86. The lowest BCUT2D eigenvalue weighted by Gasteiger charge is -2.27. The van der Waals surface area contributed by atoms with Gasteiger partial charge in [-0.15, -0.1) is 0 Å². The maximum Gasteiger partial charge on any atom is 0.329 e. The predicted octanol–water partition coefficient (Wildman–Crippen LogP) is 4.87. The van der Waals surface area contributed by atoms with Crippen LogP contribution in [0.3, 0.4) is 0 Å².